The molecule has 0 unspecified atom stereocenters. The average molecular weight is 270 g/mol. The Morgan fingerprint density at radius 2 is 2.16 bits per heavy atom. The predicted octanol–water partition coefficient (Wildman–Crippen LogP) is 2.91. The van der Waals surface area contributed by atoms with Crippen LogP contribution in [0, 0.1) is 0 Å². The molecule has 2 aromatic heterocycles. The van der Waals surface area contributed by atoms with Gasteiger partial charge in [0.25, 0.3) is 0 Å². The van der Waals surface area contributed by atoms with Crippen molar-refractivity contribution in [3.8, 4) is 0 Å². The van der Waals surface area contributed by atoms with E-state index in [2.05, 4.69) is 31.7 Å². The molecule has 0 aliphatic heterocycles. The van der Waals surface area contributed by atoms with Gasteiger partial charge in [-0.05, 0) is 40.6 Å². The predicted molar refractivity (Wildman–Crippen MR) is 80.4 cm³/mol. The van der Waals surface area contributed by atoms with Crippen LogP contribution in [0.1, 0.15) is 5.56 Å². The van der Waals surface area contributed by atoms with E-state index >= 15 is 0 Å². The van der Waals surface area contributed by atoms with Crippen molar-refractivity contribution in [1.82, 2.24) is 9.97 Å². The lowest BCUT2D eigenvalue weighted by Crippen LogP contribution is -2.17. The summed E-state index contributed by atoms with van der Waals surface area (Å²) in [5.74, 6) is 0.927. The topological polar surface area (TPSA) is 55.0 Å². The van der Waals surface area contributed by atoms with Crippen molar-refractivity contribution in [2.24, 2.45) is 0 Å². The molecule has 3 rings (SSSR count). The smallest absolute Gasteiger partial charge is 0.139 e. The maximum Gasteiger partial charge on any atom is 0.139 e. The first kappa shape index (κ1) is 11.9. The van der Waals surface area contributed by atoms with Gasteiger partial charge in [-0.3, -0.25) is 0 Å². The summed E-state index contributed by atoms with van der Waals surface area (Å²) in [7, 11) is 2.04. The summed E-state index contributed by atoms with van der Waals surface area (Å²) < 4.78 is 0. The van der Waals surface area contributed by atoms with Gasteiger partial charge < -0.3 is 10.6 Å². The zero-order valence-electron chi connectivity index (χ0n) is 10.6. The minimum absolute atomic E-state index is 0.720. The van der Waals surface area contributed by atoms with Crippen LogP contribution in [0.2, 0.25) is 0 Å². The van der Waals surface area contributed by atoms with Gasteiger partial charge in [-0.1, -0.05) is 0 Å². The molecule has 2 heterocycles. The highest BCUT2D eigenvalue weighted by atomic mass is 32.1. The maximum atomic E-state index is 5.79. The van der Waals surface area contributed by atoms with Crippen molar-refractivity contribution >= 4 is 33.7 Å². The highest BCUT2D eigenvalue weighted by Gasteiger charge is 2.09. The van der Waals surface area contributed by atoms with Crippen LogP contribution in [-0.4, -0.2) is 17.0 Å². The van der Waals surface area contributed by atoms with E-state index in [0.717, 1.165) is 29.0 Å². The lowest BCUT2D eigenvalue weighted by atomic mass is 10.2. The minimum Gasteiger partial charge on any atom is -0.399 e. The van der Waals surface area contributed by atoms with Gasteiger partial charge in [0, 0.05) is 24.7 Å². The molecule has 0 saturated carbocycles. The van der Waals surface area contributed by atoms with Crippen LogP contribution in [0.5, 0.6) is 0 Å². The Hall–Kier alpha value is -2.14. The molecule has 3 aromatic rings. The summed E-state index contributed by atoms with van der Waals surface area (Å²) in [6.07, 6.45) is 1.58. The zero-order chi connectivity index (χ0) is 13.2. The summed E-state index contributed by atoms with van der Waals surface area (Å²) in [5, 5.41) is 5.26. The number of thiophene rings is 1. The monoisotopic (exact) mass is 270 g/mol. The molecule has 0 fully saturated rings. The SMILES string of the molecule is CN(Cc1ccsc1)c1ncnc2cc(N)ccc12. The third-order valence-corrected chi connectivity index (χ3v) is 3.73. The summed E-state index contributed by atoms with van der Waals surface area (Å²) in [4.78, 5) is 10.8. The van der Waals surface area contributed by atoms with Crippen molar-refractivity contribution in [2.75, 3.05) is 17.7 Å². The fourth-order valence-electron chi connectivity index (χ4n) is 2.10. The molecule has 0 aliphatic carbocycles. The highest BCUT2D eigenvalue weighted by Crippen LogP contribution is 2.25. The second-order valence-electron chi connectivity index (χ2n) is 4.46. The number of hydrogen-bond donors (Lipinski definition) is 1. The third kappa shape index (κ3) is 2.37. The van der Waals surface area contributed by atoms with Crippen LogP contribution in [0.3, 0.4) is 0 Å². The first-order valence-electron chi connectivity index (χ1n) is 5.96. The fraction of sp³-hybridized carbons (Fsp3) is 0.143. The summed E-state index contributed by atoms with van der Waals surface area (Å²) in [6, 6.07) is 7.86. The van der Waals surface area contributed by atoms with Gasteiger partial charge in [0.05, 0.1) is 5.52 Å². The van der Waals surface area contributed by atoms with Gasteiger partial charge in [-0.25, -0.2) is 9.97 Å². The number of benzene rings is 1. The first-order valence-corrected chi connectivity index (χ1v) is 6.91. The number of nitrogen functional groups attached to an aromatic ring is 1. The molecule has 2 N–H and O–H groups in total. The van der Waals surface area contributed by atoms with Gasteiger partial charge in [0.15, 0.2) is 0 Å². The molecule has 0 bridgehead atoms. The maximum absolute atomic E-state index is 5.79. The van der Waals surface area contributed by atoms with Crippen LogP contribution < -0.4 is 10.6 Å². The first-order chi connectivity index (χ1) is 9.24. The second-order valence-corrected chi connectivity index (χ2v) is 5.24. The molecular formula is C14H14N4S. The minimum atomic E-state index is 0.720. The molecule has 96 valence electrons. The Morgan fingerprint density at radius 3 is 2.95 bits per heavy atom. The van der Waals surface area contributed by atoms with Gasteiger partial charge in [0.2, 0.25) is 0 Å². The highest BCUT2D eigenvalue weighted by molar-refractivity contribution is 7.07. The number of hydrogen-bond acceptors (Lipinski definition) is 5. The van der Waals surface area contributed by atoms with Gasteiger partial charge in [-0.15, -0.1) is 0 Å². The van der Waals surface area contributed by atoms with Crippen molar-refractivity contribution in [3.63, 3.8) is 0 Å². The molecule has 0 saturated heterocycles. The van der Waals surface area contributed by atoms with Crippen LogP contribution in [0.15, 0.2) is 41.4 Å². The Kier molecular flexibility index (Phi) is 3.05. The van der Waals surface area contributed by atoms with E-state index in [4.69, 9.17) is 5.73 Å². The van der Waals surface area contributed by atoms with Crippen LogP contribution in [-0.2, 0) is 6.54 Å². The molecule has 5 heteroatoms. The van der Waals surface area contributed by atoms with E-state index in [0.29, 0.717) is 0 Å². The van der Waals surface area contributed by atoms with Gasteiger partial charge in [-0.2, -0.15) is 11.3 Å². The second kappa shape index (κ2) is 4.85. The van der Waals surface area contributed by atoms with Crippen molar-refractivity contribution in [2.45, 2.75) is 6.54 Å². The van der Waals surface area contributed by atoms with Crippen LogP contribution in [0.25, 0.3) is 10.9 Å². The lowest BCUT2D eigenvalue weighted by molar-refractivity contribution is 0.904. The van der Waals surface area contributed by atoms with Gasteiger partial charge in [0.1, 0.15) is 12.1 Å². The van der Waals surface area contributed by atoms with E-state index < -0.39 is 0 Å². The van der Waals surface area contributed by atoms with E-state index in [1.165, 1.54) is 5.56 Å². The number of aromatic nitrogens is 2. The molecule has 19 heavy (non-hydrogen) atoms. The van der Waals surface area contributed by atoms with Crippen molar-refractivity contribution < 1.29 is 0 Å². The summed E-state index contributed by atoms with van der Waals surface area (Å²) in [6.45, 7) is 0.833. The Bertz CT molecular complexity index is 694. The number of anilines is 2. The van der Waals surface area contributed by atoms with E-state index in [-0.39, 0.29) is 0 Å². The average Bonchev–Trinajstić information content (AvgIpc) is 2.90. The molecule has 1 aromatic carbocycles. The Morgan fingerprint density at radius 1 is 1.26 bits per heavy atom. The normalized spacial score (nSPS) is 10.8. The zero-order valence-corrected chi connectivity index (χ0v) is 11.4. The quantitative estimate of drug-likeness (QED) is 0.743. The Labute approximate surface area is 115 Å². The number of fused-ring (bicyclic) bond motifs is 1. The molecule has 0 radical (unpaired) electrons. The Balaban J connectivity index is 2.00. The van der Waals surface area contributed by atoms with E-state index in [1.54, 1.807) is 17.7 Å². The molecule has 0 amide bonds. The lowest BCUT2D eigenvalue weighted by Gasteiger charge is -2.19. The molecule has 0 atom stereocenters. The summed E-state index contributed by atoms with van der Waals surface area (Å²) >= 11 is 1.71. The van der Waals surface area contributed by atoms with Gasteiger partial charge >= 0.3 is 0 Å². The van der Waals surface area contributed by atoms with Crippen LogP contribution in [0.4, 0.5) is 11.5 Å². The standard InChI is InChI=1S/C14H14N4S/c1-18(7-10-4-5-19-8-10)14-12-3-2-11(15)6-13(12)16-9-17-14/h2-6,8-9H,7,15H2,1H3. The largest absolute Gasteiger partial charge is 0.399 e. The van der Waals surface area contributed by atoms with Crippen LogP contribution >= 0.6 is 11.3 Å². The summed E-state index contributed by atoms with van der Waals surface area (Å²) in [5.41, 5.74) is 8.67. The molecule has 0 aliphatic rings. The molecule has 4 nitrogen and oxygen atoms in total. The number of nitrogens with zero attached hydrogens (tertiary/aromatic N) is 3. The number of rotatable bonds is 3. The third-order valence-electron chi connectivity index (χ3n) is 3.00. The molecule has 0 spiro atoms. The van der Waals surface area contributed by atoms with E-state index in [1.807, 2.05) is 25.2 Å². The fourth-order valence-corrected chi connectivity index (χ4v) is 2.76. The molecular weight excluding hydrogens is 256 g/mol. The van der Waals surface area contributed by atoms with Crippen molar-refractivity contribution in [1.29, 1.82) is 0 Å². The number of nitrogens with two attached hydrogens (primary N) is 1. The van der Waals surface area contributed by atoms with Crippen molar-refractivity contribution in [3.05, 3.63) is 46.9 Å². The van der Waals surface area contributed by atoms with E-state index in [9.17, 15) is 0 Å².